The van der Waals surface area contributed by atoms with E-state index in [9.17, 15) is 4.79 Å². The van der Waals surface area contributed by atoms with Gasteiger partial charge in [-0.15, -0.1) is 0 Å². The number of carbonyl (C=O) groups excluding carboxylic acids is 1. The van der Waals surface area contributed by atoms with Crippen molar-refractivity contribution in [2.24, 2.45) is 4.99 Å². The molecule has 0 aliphatic carbocycles. The summed E-state index contributed by atoms with van der Waals surface area (Å²) in [6, 6.07) is 11.2. The molecule has 0 N–H and O–H groups in total. The molecule has 0 unspecified atom stereocenters. The highest BCUT2D eigenvalue weighted by Gasteiger charge is 2.31. The molecule has 0 bridgehead atoms. The molecule has 1 fully saturated rings. The number of anilines is 1. The number of hydrogen-bond donors (Lipinski definition) is 0. The number of thioether (sulfide) groups is 1. The van der Waals surface area contributed by atoms with E-state index in [-0.39, 0.29) is 5.91 Å². The zero-order valence-electron chi connectivity index (χ0n) is 9.93. The molecule has 94 valence electrons. The molecule has 19 heavy (non-hydrogen) atoms. The Balaban J connectivity index is 1.98. The van der Waals surface area contributed by atoms with Crippen molar-refractivity contribution in [1.82, 2.24) is 9.97 Å². The molecule has 2 aromatic rings. The van der Waals surface area contributed by atoms with Gasteiger partial charge in [0.1, 0.15) is 0 Å². The standard InChI is InChI=1S/C13H10N4OS/c18-11-9-19-13(16-10-5-2-1-3-6-10)17(11)12-14-7-4-8-15-12/h1-8H,9H2. The average molecular weight is 270 g/mol. The molecule has 1 amide bonds. The highest BCUT2D eigenvalue weighted by atomic mass is 32.2. The number of hydrogen-bond acceptors (Lipinski definition) is 5. The van der Waals surface area contributed by atoms with Crippen molar-refractivity contribution in [3.8, 4) is 0 Å². The van der Waals surface area contributed by atoms with Crippen LogP contribution >= 0.6 is 11.8 Å². The fourth-order valence-electron chi connectivity index (χ4n) is 1.66. The van der Waals surface area contributed by atoms with Gasteiger partial charge in [-0.05, 0) is 18.2 Å². The number of nitrogens with zero attached hydrogens (tertiary/aromatic N) is 4. The zero-order chi connectivity index (χ0) is 13.1. The molecule has 1 aromatic heterocycles. The van der Waals surface area contributed by atoms with Crippen molar-refractivity contribution < 1.29 is 4.79 Å². The molecule has 0 spiro atoms. The van der Waals surface area contributed by atoms with Gasteiger partial charge in [-0.2, -0.15) is 0 Å². The fourth-order valence-corrected chi connectivity index (χ4v) is 2.53. The zero-order valence-corrected chi connectivity index (χ0v) is 10.7. The van der Waals surface area contributed by atoms with Crippen molar-refractivity contribution in [2.75, 3.05) is 10.7 Å². The second kappa shape index (κ2) is 5.19. The summed E-state index contributed by atoms with van der Waals surface area (Å²) in [5.41, 5.74) is 0.806. The number of amidine groups is 1. The maximum absolute atomic E-state index is 11.9. The van der Waals surface area contributed by atoms with E-state index >= 15 is 0 Å². The lowest BCUT2D eigenvalue weighted by molar-refractivity contribution is -0.115. The molecule has 2 heterocycles. The van der Waals surface area contributed by atoms with E-state index in [1.54, 1.807) is 18.5 Å². The van der Waals surface area contributed by atoms with Crippen LogP contribution in [0.15, 0.2) is 53.8 Å². The van der Waals surface area contributed by atoms with E-state index < -0.39 is 0 Å². The van der Waals surface area contributed by atoms with E-state index in [2.05, 4.69) is 15.0 Å². The van der Waals surface area contributed by atoms with Gasteiger partial charge in [-0.25, -0.2) is 19.9 Å². The van der Waals surface area contributed by atoms with Crippen LogP contribution in [0.5, 0.6) is 0 Å². The van der Waals surface area contributed by atoms with Crippen molar-refractivity contribution in [3.63, 3.8) is 0 Å². The Morgan fingerprint density at radius 3 is 2.58 bits per heavy atom. The lowest BCUT2D eigenvalue weighted by Gasteiger charge is -2.12. The Morgan fingerprint density at radius 1 is 1.11 bits per heavy atom. The third kappa shape index (κ3) is 2.48. The third-order valence-electron chi connectivity index (χ3n) is 2.50. The normalized spacial score (nSPS) is 17.2. The van der Waals surface area contributed by atoms with Gasteiger partial charge in [0.05, 0.1) is 11.4 Å². The first-order valence-electron chi connectivity index (χ1n) is 5.71. The second-order valence-corrected chi connectivity index (χ2v) is 4.74. The highest BCUT2D eigenvalue weighted by molar-refractivity contribution is 8.15. The lowest BCUT2D eigenvalue weighted by Crippen LogP contribution is -2.30. The monoisotopic (exact) mass is 270 g/mol. The van der Waals surface area contributed by atoms with Crippen LogP contribution in [0, 0.1) is 0 Å². The topological polar surface area (TPSA) is 58.5 Å². The van der Waals surface area contributed by atoms with Crippen LogP contribution in [-0.4, -0.2) is 26.8 Å². The van der Waals surface area contributed by atoms with Crippen molar-refractivity contribution >= 4 is 34.5 Å². The van der Waals surface area contributed by atoms with Crippen LogP contribution in [0.3, 0.4) is 0 Å². The predicted octanol–water partition coefficient (Wildman–Crippen LogP) is 2.24. The Labute approximate surface area is 114 Å². The largest absolute Gasteiger partial charge is 0.273 e. The highest BCUT2D eigenvalue weighted by Crippen LogP contribution is 2.26. The lowest BCUT2D eigenvalue weighted by atomic mass is 10.3. The predicted molar refractivity (Wildman–Crippen MR) is 75.5 cm³/mol. The van der Waals surface area contributed by atoms with Crippen LogP contribution in [0.2, 0.25) is 0 Å². The summed E-state index contributed by atoms with van der Waals surface area (Å²) in [4.78, 5) is 26.1. The van der Waals surface area contributed by atoms with E-state index in [4.69, 9.17) is 0 Å². The molecule has 3 rings (SSSR count). The van der Waals surface area contributed by atoms with Gasteiger partial charge in [-0.1, -0.05) is 30.0 Å². The molecule has 1 aromatic carbocycles. The summed E-state index contributed by atoms with van der Waals surface area (Å²) in [6.45, 7) is 0. The fraction of sp³-hybridized carbons (Fsp3) is 0.0769. The average Bonchev–Trinajstić information content (AvgIpc) is 2.82. The van der Waals surface area contributed by atoms with Crippen LogP contribution in [0.25, 0.3) is 0 Å². The van der Waals surface area contributed by atoms with Gasteiger partial charge < -0.3 is 0 Å². The van der Waals surface area contributed by atoms with Crippen molar-refractivity contribution in [3.05, 3.63) is 48.8 Å². The summed E-state index contributed by atoms with van der Waals surface area (Å²) in [7, 11) is 0. The summed E-state index contributed by atoms with van der Waals surface area (Å²) in [5, 5.41) is 0.613. The summed E-state index contributed by atoms with van der Waals surface area (Å²) < 4.78 is 0. The molecule has 1 aliphatic heterocycles. The van der Waals surface area contributed by atoms with E-state index in [1.165, 1.54) is 16.7 Å². The van der Waals surface area contributed by atoms with Gasteiger partial charge in [0.2, 0.25) is 11.9 Å². The van der Waals surface area contributed by atoms with E-state index in [0.29, 0.717) is 16.9 Å². The number of rotatable bonds is 2. The third-order valence-corrected chi connectivity index (χ3v) is 3.42. The first-order chi connectivity index (χ1) is 9.34. The quantitative estimate of drug-likeness (QED) is 0.839. The minimum absolute atomic E-state index is 0.0501. The summed E-state index contributed by atoms with van der Waals surface area (Å²) in [5.74, 6) is 0.683. The second-order valence-electron chi connectivity index (χ2n) is 3.80. The molecular weight excluding hydrogens is 260 g/mol. The summed E-state index contributed by atoms with van der Waals surface area (Å²) >= 11 is 1.39. The van der Waals surface area contributed by atoms with E-state index in [1.807, 2.05) is 30.3 Å². The molecule has 0 radical (unpaired) electrons. The molecule has 0 saturated carbocycles. The molecule has 1 aliphatic rings. The smallest absolute Gasteiger partial charge is 0.246 e. The number of aromatic nitrogens is 2. The molecule has 0 atom stereocenters. The van der Waals surface area contributed by atoms with E-state index in [0.717, 1.165) is 5.69 Å². The van der Waals surface area contributed by atoms with Crippen molar-refractivity contribution in [1.29, 1.82) is 0 Å². The number of para-hydroxylation sites is 1. The van der Waals surface area contributed by atoms with Crippen molar-refractivity contribution in [2.45, 2.75) is 0 Å². The molecule has 1 saturated heterocycles. The van der Waals surface area contributed by atoms with Crippen LogP contribution in [0.1, 0.15) is 0 Å². The number of amides is 1. The van der Waals surface area contributed by atoms with Gasteiger partial charge in [0, 0.05) is 12.4 Å². The molecular formula is C13H10N4OS. The van der Waals surface area contributed by atoms with Crippen LogP contribution in [0.4, 0.5) is 11.6 Å². The molecule has 5 nitrogen and oxygen atoms in total. The summed E-state index contributed by atoms with van der Waals surface area (Å²) in [6.07, 6.45) is 3.22. The number of aliphatic imine (C=N–C) groups is 1. The first-order valence-corrected chi connectivity index (χ1v) is 6.70. The van der Waals surface area contributed by atoms with Gasteiger partial charge in [-0.3, -0.25) is 4.79 Å². The maximum Gasteiger partial charge on any atom is 0.246 e. The SMILES string of the molecule is O=C1CSC(=Nc2ccccc2)N1c1ncccn1. The number of carbonyl (C=O) groups is 1. The van der Waals surface area contributed by atoms with Crippen LogP contribution in [-0.2, 0) is 4.79 Å². The first kappa shape index (κ1) is 11.9. The Morgan fingerprint density at radius 2 is 1.84 bits per heavy atom. The van der Waals surface area contributed by atoms with Gasteiger partial charge >= 0.3 is 0 Å². The Bertz CT molecular complexity index is 615. The van der Waals surface area contributed by atoms with Crippen LogP contribution < -0.4 is 4.90 Å². The maximum atomic E-state index is 11.9. The Kier molecular flexibility index (Phi) is 3.24. The number of benzene rings is 1. The van der Waals surface area contributed by atoms with Gasteiger partial charge in [0.25, 0.3) is 0 Å². The molecule has 6 heteroatoms. The van der Waals surface area contributed by atoms with Gasteiger partial charge in [0.15, 0.2) is 5.17 Å². The minimum Gasteiger partial charge on any atom is -0.273 e. The Hall–Kier alpha value is -2.21. The minimum atomic E-state index is -0.0501.